The summed E-state index contributed by atoms with van der Waals surface area (Å²) in [4.78, 5) is 24.1. The van der Waals surface area contributed by atoms with E-state index >= 15 is 0 Å². The van der Waals surface area contributed by atoms with Gasteiger partial charge in [0.1, 0.15) is 10.3 Å². The van der Waals surface area contributed by atoms with Crippen LogP contribution in [0, 0.1) is 5.92 Å². The molecule has 2 heterocycles. The minimum Gasteiger partial charge on any atom is -0.353 e. The van der Waals surface area contributed by atoms with Crippen LogP contribution < -0.4 is 10.8 Å². The minimum atomic E-state index is -3.83. The zero-order valence-corrected chi connectivity index (χ0v) is 16.5. The van der Waals surface area contributed by atoms with Crippen LogP contribution in [0.2, 0.25) is 0 Å². The Kier molecular flexibility index (Phi) is 7.16. The Morgan fingerprint density at radius 3 is 2.73 bits per heavy atom. The van der Waals surface area contributed by atoms with E-state index in [1.165, 1.54) is 6.07 Å². The zero-order valence-electron chi connectivity index (χ0n) is 14.8. The molecular weight excluding hydrogens is 378 g/mol. The summed E-state index contributed by atoms with van der Waals surface area (Å²) >= 11 is 1.07. The Bertz CT molecular complexity index is 718. The maximum Gasteiger partial charge on any atom is 0.261 e. The maximum absolute atomic E-state index is 12.8. The van der Waals surface area contributed by atoms with Gasteiger partial charge in [-0.15, -0.1) is 11.3 Å². The fraction of sp³-hybridized carbons (Fsp3) is 0.625. The van der Waals surface area contributed by atoms with Crippen molar-refractivity contribution in [1.82, 2.24) is 15.1 Å². The largest absolute Gasteiger partial charge is 0.353 e. The predicted octanol–water partition coefficient (Wildman–Crippen LogP) is 1.33. The number of hydroxylamine groups is 1. The highest BCUT2D eigenvalue weighted by Crippen LogP contribution is 2.28. The number of nitrogens with zero attached hydrogens (tertiary/aromatic N) is 1. The second-order valence-electron chi connectivity index (χ2n) is 6.76. The fourth-order valence-electron chi connectivity index (χ4n) is 2.92. The molecule has 0 bridgehead atoms. The summed E-state index contributed by atoms with van der Waals surface area (Å²) in [6, 6.07) is 1.72. The van der Waals surface area contributed by atoms with Crippen LogP contribution in [-0.4, -0.2) is 48.4 Å². The molecule has 1 aromatic heterocycles. The Morgan fingerprint density at radius 2 is 2.15 bits per heavy atom. The first-order chi connectivity index (χ1) is 12.3. The van der Waals surface area contributed by atoms with Gasteiger partial charge in [-0.3, -0.25) is 14.8 Å². The molecule has 146 valence electrons. The molecule has 0 aromatic carbocycles. The van der Waals surface area contributed by atoms with Gasteiger partial charge in [-0.05, 0) is 36.6 Å². The molecule has 2 amide bonds. The highest BCUT2D eigenvalue weighted by atomic mass is 32.2. The van der Waals surface area contributed by atoms with Gasteiger partial charge in [0.25, 0.3) is 15.9 Å². The van der Waals surface area contributed by atoms with Gasteiger partial charge in [0.15, 0.2) is 0 Å². The van der Waals surface area contributed by atoms with Crippen molar-refractivity contribution >= 4 is 33.2 Å². The van der Waals surface area contributed by atoms with Crippen molar-refractivity contribution in [1.29, 1.82) is 0 Å². The Morgan fingerprint density at radius 1 is 1.42 bits per heavy atom. The monoisotopic (exact) mass is 403 g/mol. The smallest absolute Gasteiger partial charge is 0.261 e. The standard InChI is InChI=1S/C16H25N3O5S2/c1-11(2)5-6-14(20)17-12-7-8-19(13(10-12)16(21)18-22)26(23,24)15-4-3-9-25-15/h3-4,9,11-13,22H,5-8,10H2,1-2H3,(H,17,20)(H,18,21)/t12-,13-/m1/s1. The van der Waals surface area contributed by atoms with Gasteiger partial charge in [0.2, 0.25) is 5.91 Å². The van der Waals surface area contributed by atoms with E-state index in [2.05, 4.69) is 5.32 Å². The van der Waals surface area contributed by atoms with E-state index in [0.29, 0.717) is 18.8 Å². The number of hydrogen-bond acceptors (Lipinski definition) is 6. The lowest BCUT2D eigenvalue weighted by atomic mass is 9.98. The molecule has 0 spiro atoms. The number of carbonyl (C=O) groups excluding carboxylic acids is 2. The molecule has 0 saturated carbocycles. The van der Waals surface area contributed by atoms with E-state index in [0.717, 1.165) is 22.1 Å². The summed E-state index contributed by atoms with van der Waals surface area (Å²) in [5.74, 6) is -0.501. The second-order valence-corrected chi connectivity index (χ2v) is 9.83. The van der Waals surface area contributed by atoms with E-state index in [-0.39, 0.29) is 29.1 Å². The van der Waals surface area contributed by atoms with Gasteiger partial charge < -0.3 is 5.32 Å². The first kappa shape index (κ1) is 20.8. The van der Waals surface area contributed by atoms with Crippen LogP contribution >= 0.6 is 11.3 Å². The summed E-state index contributed by atoms with van der Waals surface area (Å²) in [5.41, 5.74) is 1.54. The Hall–Kier alpha value is -1.49. The number of hydrogen-bond donors (Lipinski definition) is 3. The molecule has 2 atom stereocenters. The van der Waals surface area contributed by atoms with E-state index < -0.39 is 22.0 Å². The first-order valence-electron chi connectivity index (χ1n) is 8.54. The van der Waals surface area contributed by atoms with Gasteiger partial charge in [-0.1, -0.05) is 19.9 Å². The average Bonchev–Trinajstić information content (AvgIpc) is 3.14. The summed E-state index contributed by atoms with van der Waals surface area (Å²) in [7, 11) is -3.83. The van der Waals surface area contributed by atoms with Crippen LogP contribution in [0.3, 0.4) is 0 Å². The number of piperidine rings is 1. The number of thiophene rings is 1. The van der Waals surface area contributed by atoms with Gasteiger partial charge in [-0.25, -0.2) is 13.9 Å². The highest BCUT2D eigenvalue weighted by molar-refractivity contribution is 7.91. The van der Waals surface area contributed by atoms with Gasteiger partial charge in [-0.2, -0.15) is 4.31 Å². The van der Waals surface area contributed by atoms with E-state index in [9.17, 15) is 18.0 Å². The van der Waals surface area contributed by atoms with Gasteiger partial charge >= 0.3 is 0 Å². The number of nitrogens with one attached hydrogen (secondary N) is 2. The predicted molar refractivity (Wildman–Crippen MR) is 97.2 cm³/mol. The molecular formula is C16H25N3O5S2. The van der Waals surface area contributed by atoms with Crippen molar-refractivity contribution in [3.8, 4) is 0 Å². The first-order valence-corrected chi connectivity index (χ1v) is 10.9. The Balaban J connectivity index is 2.10. The topological polar surface area (TPSA) is 116 Å². The molecule has 26 heavy (non-hydrogen) atoms. The normalized spacial score (nSPS) is 21.5. The lowest BCUT2D eigenvalue weighted by Crippen LogP contribution is -2.56. The van der Waals surface area contributed by atoms with Crippen molar-refractivity contribution in [2.24, 2.45) is 5.92 Å². The fourth-order valence-corrected chi connectivity index (χ4v) is 5.65. The van der Waals surface area contributed by atoms with Crippen molar-refractivity contribution in [2.45, 2.75) is 55.8 Å². The number of carbonyl (C=O) groups is 2. The van der Waals surface area contributed by atoms with E-state index in [4.69, 9.17) is 5.21 Å². The van der Waals surface area contributed by atoms with Gasteiger partial charge in [0, 0.05) is 19.0 Å². The van der Waals surface area contributed by atoms with Crippen LogP contribution in [0.5, 0.6) is 0 Å². The zero-order chi connectivity index (χ0) is 19.3. The number of sulfonamides is 1. The third kappa shape index (κ3) is 5.03. The van der Waals surface area contributed by atoms with Crippen LogP contribution in [0.1, 0.15) is 39.5 Å². The molecule has 10 heteroatoms. The van der Waals surface area contributed by atoms with Crippen molar-refractivity contribution in [3.05, 3.63) is 17.5 Å². The summed E-state index contributed by atoms with van der Waals surface area (Å²) in [6.07, 6.45) is 1.68. The third-order valence-electron chi connectivity index (χ3n) is 4.34. The number of amides is 2. The SMILES string of the molecule is CC(C)CCC(=O)N[C@@H]1CCN(S(=O)(=O)c2cccs2)[C@@H](C(=O)NO)C1. The summed E-state index contributed by atoms with van der Waals surface area (Å²) in [6.45, 7) is 4.15. The molecule has 1 saturated heterocycles. The molecule has 0 radical (unpaired) electrons. The van der Waals surface area contributed by atoms with Crippen LogP contribution in [0.4, 0.5) is 0 Å². The molecule has 2 rings (SSSR count). The molecule has 1 fully saturated rings. The molecule has 1 aliphatic heterocycles. The van der Waals surface area contributed by atoms with Crippen molar-refractivity contribution < 1.29 is 23.2 Å². The van der Waals surface area contributed by atoms with Crippen molar-refractivity contribution in [2.75, 3.05) is 6.54 Å². The van der Waals surface area contributed by atoms with E-state index in [1.807, 2.05) is 13.8 Å². The second kappa shape index (κ2) is 8.94. The maximum atomic E-state index is 12.8. The van der Waals surface area contributed by atoms with Gasteiger partial charge in [0.05, 0.1) is 0 Å². The molecule has 0 aliphatic carbocycles. The molecule has 8 nitrogen and oxygen atoms in total. The van der Waals surface area contributed by atoms with Crippen LogP contribution in [0.25, 0.3) is 0 Å². The molecule has 1 aromatic rings. The average molecular weight is 404 g/mol. The molecule has 3 N–H and O–H groups in total. The summed E-state index contributed by atoms with van der Waals surface area (Å²) < 4.78 is 26.8. The lowest BCUT2D eigenvalue weighted by Gasteiger charge is -2.37. The Labute approximate surface area is 157 Å². The highest BCUT2D eigenvalue weighted by Gasteiger charge is 2.41. The van der Waals surface area contributed by atoms with E-state index in [1.54, 1.807) is 16.9 Å². The van der Waals surface area contributed by atoms with Crippen molar-refractivity contribution in [3.63, 3.8) is 0 Å². The van der Waals surface area contributed by atoms with Crippen LogP contribution in [-0.2, 0) is 19.6 Å². The minimum absolute atomic E-state index is 0.0907. The third-order valence-corrected chi connectivity index (χ3v) is 7.62. The van der Waals surface area contributed by atoms with Crippen LogP contribution in [0.15, 0.2) is 21.7 Å². The quantitative estimate of drug-likeness (QED) is 0.469. The number of rotatable bonds is 7. The molecule has 0 unspecified atom stereocenters. The molecule has 1 aliphatic rings. The lowest BCUT2D eigenvalue weighted by molar-refractivity contribution is -0.135. The summed E-state index contributed by atoms with van der Waals surface area (Å²) in [5, 5.41) is 13.5.